The molecular formula is C21H32FN3O2. The standard InChI is InChI=1S/C21H32FN3O2/c1-23-11-13-24(14-12-23)9-4-10-25(19-7-15-27-16-8-19)21(26)17-18-5-2-3-6-20(18)22/h2-3,5-6,19H,4,7-17H2,1H3. The Kier molecular flexibility index (Phi) is 7.61. The van der Waals surface area contributed by atoms with Crippen LogP contribution in [0.3, 0.4) is 0 Å². The summed E-state index contributed by atoms with van der Waals surface area (Å²) >= 11 is 0. The summed E-state index contributed by atoms with van der Waals surface area (Å²) in [7, 11) is 2.16. The number of benzene rings is 1. The fourth-order valence-electron chi connectivity index (χ4n) is 3.95. The van der Waals surface area contributed by atoms with Gasteiger partial charge in [-0.2, -0.15) is 0 Å². The molecule has 2 saturated heterocycles. The van der Waals surface area contributed by atoms with Gasteiger partial charge in [0.2, 0.25) is 5.91 Å². The second-order valence-corrected chi connectivity index (χ2v) is 7.70. The first kappa shape index (κ1) is 20.2. The van der Waals surface area contributed by atoms with Gasteiger partial charge in [0.25, 0.3) is 0 Å². The zero-order valence-electron chi connectivity index (χ0n) is 16.4. The Labute approximate surface area is 162 Å². The largest absolute Gasteiger partial charge is 0.381 e. The maximum absolute atomic E-state index is 14.0. The number of hydrogen-bond acceptors (Lipinski definition) is 4. The van der Waals surface area contributed by atoms with Gasteiger partial charge in [-0.05, 0) is 44.5 Å². The number of halogens is 1. The summed E-state index contributed by atoms with van der Waals surface area (Å²) in [5.74, 6) is -0.263. The van der Waals surface area contributed by atoms with Gasteiger partial charge in [0, 0.05) is 52.0 Å². The van der Waals surface area contributed by atoms with Crippen molar-refractivity contribution >= 4 is 5.91 Å². The lowest BCUT2D eigenvalue weighted by molar-refractivity contribution is -0.134. The molecule has 5 nitrogen and oxygen atoms in total. The molecule has 0 unspecified atom stereocenters. The Morgan fingerprint density at radius 2 is 1.89 bits per heavy atom. The summed E-state index contributed by atoms with van der Waals surface area (Å²) in [6, 6.07) is 6.80. The van der Waals surface area contributed by atoms with E-state index in [0.717, 1.165) is 58.5 Å². The molecule has 2 aliphatic rings. The van der Waals surface area contributed by atoms with Gasteiger partial charge < -0.3 is 19.4 Å². The molecule has 0 aromatic heterocycles. The van der Waals surface area contributed by atoms with E-state index in [9.17, 15) is 9.18 Å². The second-order valence-electron chi connectivity index (χ2n) is 7.70. The number of carbonyl (C=O) groups is 1. The van der Waals surface area contributed by atoms with Gasteiger partial charge in [0.05, 0.1) is 6.42 Å². The van der Waals surface area contributed by atoms with Crippen LogP contribution >= 0.6 is 0 Å². The summed E-state index contributed by atoms with van der Waals surface area (Å²) < 4.78 is 19.4. The number of carbonyl (C=O) groups excluding carboxylic acids is 1. The average Bonchev–Trinajstić information content (AvgIpc) is 2.69. The molecule has 1 aromatic rings. The molecule has 2 aliphatic heterocycles. The molecular weight excluding hydrogens is 345 g/mol. The molecule has 0 aliphatic carbocycles. The smallest absolute Gasteiger partial charge is 0.227 e. The Bertz CT molecular complexity index is 599. The van der Waals surface area contributed by atoms with Gasteiger partial charge in [0.1, 0.15) is 5.82 Å². The number of nitrogens with zero attached hydrogens (tertiary/aromatic N) is 3. The average molecular weight is 378 g/mol. The molecule has 0 saturated carbocycles. The molecule has 0 bridgehead atoms. The number of ether oxygens (including phenoxy) is 1. The third kappa shape index (κ3) is 5.99. The molecule has 0 N–H and O–H groups in total. The fraction of sp³-hybridized carbons (Fsp3) is 0.667. The molecule has 3 rings (SSSR count). The number of hydrogen-bond donors (Lipinski definition) is 0. The third-order valence-corrected chi connectivity index (χ3v) is 5.72. The van der Waals surface area contributed by atoms with Gasteiger partial charge in [0.15, 0.2) is 0 Å². The van der Waals surface area contributed by atoms with Crippen molar-refractivity contribution in [2.45, 2.75) is 31.7 Å². The predicted molar refractivity (Wildman–Crippen MR) is 104 cm³/mol. The first-order valence-corrected chi connectivity index (χ1v) is 10.1. The van der Waals surface area contributed by atoms with Crippen molar-refractivity contribution in [3.8, 4) is 0 Å². The molecule has 0 spiro atoms. The van der Waals surface area contributed by atoms with Crippen LogP contribution in [-0.4, -0.2) is 86.2 Å². The van der Waals surface area contributed by atoms with E-state index in [1.165, 1.54) is 6.07 Å². The Morgan fingerprint density at radius 3 is 2.59 bits per heavy atom. The summed E-state index contributed by atoms with van der Waals surface area (Å²) in [4.78, 5) is 19.8. The highest BCUT2D eigenvalue weighted by atomic mass is 19.1. The predicted octanol–water partition coefficient (Wildman–Crippen LogP) is 2.01. The van der Waals surface area contributed by atoms with Crippen molar-refractivity contribution in [2.75, 3.05) is 59.5 Å². The van der Waals surface area contributed by atoms with Gasteiger partial charge in [-0.1, -0.05) is 18.2 Å². The number of amides is 1. The Balaban J connectivity index is 1.56. The van der Waals surface area contributed by atoms with Crippen LogP contribution in [0.4, 0.5) is 4.39 Å². The normalized spacial score (nSPS) is 19.9. The number of rotatable bonds is 7. The number of piperazine rings is 1. The van der Waals surface area contributed by atoms with E-state index in [4.69, 9.17) is 4.74 Å². The monoisotopic (exact) mass is 377 g/mol. The van der Waals surface area contributed by atoms with Crippen LogP contribution in [0, 0.1) is 5.82 Å². The van der Waals surface area contributed by atoms with E-state index in [1.54, 1.807) is 18.2 Å². The van der Waals surface area contributed by atoms with E-state index in [2.05, 4.69) is 16.8 Å². The highest BCUT2D eigenvalue weighted by Crippen LogP contribution is 2.18. The zero-order valence-corrected chi connectivity index (χ0v) is 16.4. The quantitative estimate of drug-likeness (QED) is 0.728. The van der Waals surface area contributed by atoms with E-state index in [1.807, 2.05) is 4.90 Å². The van der Waals surface area contributed by atoms with Crippen molar-refractivity contribution in [3.63, 3.8) is 0 Å². The van der Waals surface area contributed by atoms with Crippen LogP contribution in [0.2, 0.25) is 0 Å². The molecule has 0 radical (unpaired) electrons. The van der Waals surface area contributed by atoms with Crippen LogP contribution in [0.1, 0.15) is 24.8 Å². The summed E-state index contributed by atoms with van der Waals surface area (Å²) in [5.41, 5.74) is 0.485. The molecule has 150 valence electrons. The van der Waals surface area contributed by atoms with Crippen LogP contribution in [0.25, 0.3) is 0 Å². The topological polar surface area (TPSA) is 36.0 Å². The van der Waals surface area contributed by atoms with Crippen molar-refractivity contribution in [2.24, 2.45) is 0 Å². The van der Waals surface area contributed by atoms with Crippen LogP contribution < -0.4 is 0 Å². The second kappa shape index (κ2) is 10.2. The zero-order chi connectivity index (χ0) is 19.1. The highest BCUT2D eigenvalue weighted by Gasteiger charge is 2.26. The van der Waals surface area contributed by atoms with E-state index < -0.39 is 0 Å². The van der Waals surface area contributed by atoms with Crippen molar-refractivity contribution in [1.29, 1.82) is 0 Å². The Morgan fingerprint density at radius 1 is 1.19 bits per heavy atom. The van der Waals surface area contributed by atoms with Crippen LogP contribution in [0.5, 0.6) is 0 Å². The molecule has 2 fully saturated rings. The van der Waals surface area contributed by atoms with Gasteiger partial charge in [-0.15, -0.1) is 0 Å². The van der Waals surface area contributed by atoms with E-state index >= 15 is 0 Å². The highest BCUT2D eigenvalue weighted by molar-refractivity contribution is 5.79. The Hall–Kier alpha value is -1.50. The van der Waals surface area contributed by atoms with Crippen LogP contribution in [0.15, 0.2) is 24.3 Å². The molecule has 1 amide bonds. The summed E-state index contributed by atoms with van der Waals surface area (Å²) in [6.07, 6.45) is 2.84. The molecule has 0 atom stereocenters. The molecule has 1 aromatic carbocycles. The van der Waals surface area contributed by atoms with Crippen molar-refractivity contribution in [1.82, 2.24) is 14.7 Å². The minimum Gasteiger partial charge on any atom is -0.381 e. The molecule has 27 heavy (non-hydrogen) atoms. The lowest BCUT2D eigenvalue weighted by Gasteiger charge is -2.36. The minimum atomic E-state index is -0.296. The maximum Gasteiger partial charge on any atom is 0.227 e. The van der Waals surface area contributed by atoms with Gasteiger partial charge in [-0.3, -0.25) is 4.79 Å². The van der Waals surface area contributed by atoms with Gasteiger partial charge >= 0.3 is 0 Å². The lowest BCUT2D eigenvalue weighted by Crippen LogP contribution is -2.47. The van der Waals surface area contributed by atoms with Gasteiger partial charge in [-0.25, -0.2) is 4.39 Å². The molecule has 6 heteroatoms. The number of likely N-dealkylation sites (N-methyl/N-ethyl adjacent to an activating group) is 1. The summed E-state index contributed by atoms with van der Waals surface area (Å²) in [6.45, 7) is 7.56. The van der Waals surface area contributed by atoms with E-state index in [0.29, 0.717) is 18.8 Å². The third-order valence-electron chi connectivity index (χ3n) is 5.72. The first-order chi connectivity index (χ1) is 13.1. The SMILES string of the molecule is CN1CCN(CCCN(C(=O)Cc2ccccc2F)C2CCOCC2)CC1. The van der Waals surface area contributed by atoms with Crippen molar-refractivity contribution in [3.05, 3.63) is 35.6 Å². The van der Waals surface area contributed by atoms with Crippen molar-refractivity contribution < 1.29 is 13.9 Å². The maximum atomic E-state index is 14.0. The minimum absolute atomic E-state index is 0.0328. The first-order valence-electron chi connectivity index (χ1n) is 10.1. The molecule has 2 heterocycles. The van der Waals surface area contributed by atoms with Crippen LogP contribution in [-0.2, 0) is 16.0 Å². The summed E-state index contributed by atoms with van der Waals surface area (Å²) in [5, 5.41) is 0. The fourth-order valence-corrected chi connectivity index (χ4v) is 3.95. The lowest BCUT2D eigenvalue weighted by atomic mass is 10.0. The van der Waals surface area contributed by atoms with E-state index in [-0.39, 0.29) is 24.2 Å².